The van der Waals surface area contributed by atoms with Gasteiger partial charge >= 0.3 is 0 Å². The maximum absolute atomic E-state index is 14.0. The van der Waals surface area contributed by atoms with Gasteiger partial charge in [0.25, 0.3) is 0 Å². The third-order valence-corrected chi connectivity index (χ3v) is 5.18. The molecule has 0 unspecified atom stereocenters. The molecule has 3 aromatic rings. The number of ether oxygens (including phenoxy) is 1. The maximum atomic E-state index is 14.0. The van der Waals surface area contributed by atoms with Crippen LogP contribution in [0.25, 0.3) is 11.6 Å². The second kappa shape index (κ2) is 9.25. The molecule has 0 aliphatic carbocycles. The van der Waals surface area contributed by atoms with Crippen molar-refractivity contribution < 1.29 is 9.13 Å². The summed E-state index contributed by atoms with van der Waals surface area (Å²) in [6.07, 6.45) is 1.58. The molecule has 0 spiro atoms. The number of benzene rings is 3. The molecule has 3 rings (SSSR count). The Bertz CT molecular complexity index is 1070. The SMILES string of the molecule is N#CC(=Cc1cc(Cl)c(OCc2ccccc2Cl)c(Br)c1)c1ccccc1F. The van der Waals surface area contributed by atoms with Crippen LogP contribution in [0.15, 0.2) is 65.1 Å². The van der Waals surface area contributed by atoms with Crippen LogP contribution in [0.2, 0.25) is 10.0 Å². The molecule has 0 heterocycles. The number of hydrogen-bond donors (Lipinski definition) is 0. The molecule has 0 atom stereocenters. The maximum Gasteiger partial charge on any atom is 0.152 e. The first kappa shape index (κ1) is 20.4. The van der Waals surface area contributed by atoms with E-state index in [1.165, 1.54) is 6.07 Å². The second-order valence-electron chi connectivity index (χ2n) is 5.84. The van der Waals surface area contributed by atoms with Crippen LogP contribution in [0.4, 0.5) is 4.39 Å². The van der Waals surface area contributed by atoms with Gasteiger partial charge in [0, 0.05) is 16.1 Å². The highest BCUT2D eigenvalue weighted by Crippen LogP contribution is 2.36. The van der Waals surface area contributed by atoms with Crippen LogP contribution in [0.5, 0.6) is 5.75 Å². The van der Waals surface area contributed by atoms with Crippen LogP contribution >= 0.6 is 39.1 Å². The third kappa shape index (κ3) is 4.74. The van der Waals surface area contributed by atoms with Crippen LogP contribution in [-0.4, -0.2) is 0 Å². The van der Waals surface area contributed by atoms with E-state index in [-0.39, 0.29) is 17.7 Å². The zero-order chi connectivity index (χ0) is 20.1. The predicted molar refractivity (Wildman–Crippen MR) is 115 cm³/mol. The molecule has 0 amide bonds. The molecule has 28 heavy (non-hydrogen) atoms. The number of rotatable bonds is 5. The fourth-order valence-corrected chi connectivity index (χ4v) is 3.76. The molecule has 0 saturated heterocycles. The number of allylic oxidation sites excluding steroid dienone is 1. The summed E-state index contributed by atoms with van der Waals surface area (Å²) in [5, 5.41) is 10.4. The van der Waals surface area contributed by atoms with Crippen molar-refractivity contribution in [1.82, 2.24) is 0 Å². The Morgan fingerprint density at radius 2 is 1.79 bits per heavy atom. The van der Waals surface area contributed by atoms with E-state index in [1.807, 2.05) is 24.3 Å². The Kier molecular flexibility index (Phi) is 6.74. The lowest BCUT2D eigenvalue weighted by molar-refractivity contribution is 0.304. The summed E-state index contributed by atoms with van der Waals surface area (Å²) in [4.78, 5) is 0. The molecule has 0 saturated carbocycles. The van der Waals surface area contributed by atoms with Crippen LogP contribution in [0.1, 0.15) is 16.7 Å². The van der Waals surface area contributed by atoms with Crippen molar-refractivity contribution in [3.05, 3.63) is 97.7 Å². The van der Waals surface area contributed by atoms with Crippen molar-refractivity contribution in [2.45, 2.75) is 6.61 Å². The Balaban J connectivity index is 1.88. The molecule has 0 fully saturated rings. The average molecular weight is 477 g/mol. The Hall–Kier alpha value is -2.32. The van der Waals surface area contributed by atoms with Gasteiger partial charge in [-0.15, -0.1) is 0 Å². The smallest absolute Gasteiger partial charge is 0.152 e. The Morgan fingerprint density at radius 3 is 2.46 bits per heavy atom. The van der Waals surface area contributed by atoms with E-state index in [0.29, 0.717) is 25.8 Å². The largest absolute Gasteiger partial charge is 0.486 e. The molecule has 0 aliphatic rings. The van der Waals surface area contributed by atoms with Gasteiger partial charge in [0.05, 0.1) is 21.1 Å². The highest BCUT2D eigenvalue weighted by molar-refractivity contribution is 9.10. The van der Waals surface area contributed by atoms with E-state index >= 15 is 0 Å². The van der Waals surface area contributed by atoms with Crippen LogP contribution in [0.3, 0.4) is 0 Å². The molecule has 0 aliphatic heterocycles. The summed E-state index contributed by atoms with van der Waals surface area (Å²) in [5.41, 5.74) is 1.91. The lowest BCUT2D eigenvalue weighted by Gasteiger charge is -2.12. The van der Waals surface area contributed by atoms with E-state index < -0.39 is 5.82 Å². The van der Waals surface area contributed by atoms with E-state index in [4.69, 9.17) is 27.9 Å². The molecule has 0 radical (unpaired) electrons. The predicted octanol–water partition coefficient (Wildman–Crippen LogP) is 7.54. The van der Waals surface area contributed by atoms with Crippen molar-refractivity contribution in [3.8, 4) is 11.8 Å². The van der Waals surface area contributed by atoms with Gasteiger partial charge < -0.3 is 4.74 Å². The normalized spacial score (nSPS) is 11.2. The van der Waals surface area contributed by atoms with Crippen LogP contribution in [0, 0.1) is 17.1 Å². The van der Waals surface area contributed by atoms with Gasteiger partial charge in [0.1, 0.15) is 12.4 Å². The molecule has 3 aromatic carbocycles. The topological polar surface area (TPSA) is 33.0 Å². The van der Waals surface area contributed by atoms with Gasteiger partial charge in [-0.05, 0) is 51.8 Å². The summed E-state index contributed by atoms with van der Waals surface area (Å²) < 4.78 is 20.4. The zero-order valence-electron chi connectivity index (χ0n) is 14.4. The number of nitrogens with zero attached hydrogens (tertiary/aromatic N) is 1. The minimum Gasteiger partial charge on any atom is -0.486 e. The van der Waals surface area contributed by atoms with E-state index in [1.54, 1.807) is 42.5 Å². The van der Waals surface area contributed by atoms with Crippen molar-refractivity contribution in [1.29, 1.82) is 5.26 Å². The first-order chi connectivity index (χ1) is 13.5. The van der Waals surface area contributed by atoms with Crippen molar-refractivity contribution >= 4 is 50.8 Å². The summed E-state index contributed by atoms with van der Waals surface area (Å²) in [7, 11) is 0. The lowest BCUT2D eigenvalue weighted by atomic mass is 10.0. The van der Waals surface area contributed by atoms with Crippen molar-refractivity contribution in [3.63, 3.8) is 0 Å². The summed E-state index contributed by atoms with van der Waals surface area (Å²) in [6.45, 7) is 0.256. The molecular weight excluding hydrogens is 464 g/mol. The minimum absolute atomic E-state index is 0.200. The highest BCUT2D eigenvalue weighted by Gasteiger charge is 2.12. The van der Waals surface area contributed by atoms with E-state index in [2.05, 4.69) is 15.9 Å². The first-order valence-electron chi connectivity index (χ1n) is 8.21. The van der Waals surface area contributed by atoms with Crippen molar-refractivity contribution in [2.24, 2.45) is 0 Å². The number of halogens is 4. The quantitative estimate of drug-likeness (QED) is 0.281. The van der Waals surface area contributed by atoms with Crippen molar-refractivity contribution in [2.75, 3.05) is 0 Å². The van der Waals surface area contributed by atoms with E-state index in [9.17, 15) is 9.65 Å². The van der Waals surface area contributed by atoms with Gasteiger partial charge in [-0.2, -0.15) is 5.26 Å². The summed E-state index contributed by atoms with van der Waals surface area (Å²) >= 11 is 16.0. The molecule has 2 nitrogen and oxygen atoms in total. The molecular formula is C22H13BrCl2FNO. The second-order valence-corrected chi connectivity index (χ2v) is 7.51. The monoisotopic (exact) mass is 475 g/mol. The molecule has 0 aromatic heterocycles. The Morgan fingerprint density at radius 1 is 1.07 bits per heavy atom. The fourth-order valence-electron chi connectivity index (χ4n) is 2.58. The molecule has 0 bridgehead atoms. The lowest BCUT2D eigenvalue weighted by Crippen LogP contribution is -1.98. The first-order valence-corrected chi connectivity index (χ1v) is 9.76. The summed E-state index contributed by atoms with van der Waals surface area (Å²) in [6, 6.07) is 19.0. The zero-order valence-corrected chi connectivity index (χ0v) is 17.5. The van der Waals surface area contributed by atoms with Gasteiger partial charge in [0.2, 0.25) is 0 Å². The average Bonchev–Trinajstić information content (AvgIpc) is 2.67. The number of hydrogen-bond acceptors (Lipinski definition) is 2. The van der Waals surface area contributed by atoms with Crippen LogP contribution in [-0.2, 0) is 6.61 Å². The minimum atomic E-state index is -0.458. The van der Waals surface area contributed by atoms with Crippen LogP contribution < -0.4 is 4.74 Å². The molecule has 0 N–H and O–H groups in total. The third-order valence-electron chi connectivity index (χ3n) is 3.95. The summed E-state index contributed by atoms with van der Waals surface area (Å²) in [5.74, 6) is 0.00305. The standard InChI is InChI=1S/C22H13BrCl2FNO/c23-18-10-14(9-16(12-27)17-6-2-4-8-21(17)26)11-20(25)22(18)28-13-15-5-1-3-7-19(15)24/h1-11H,13H2. The van der Waals surface area contributed by atoms with Gasteiger partial charge in [0.15, 0.2) is 5.75 Å². The van der Waals surface area contributed by atoms with Gasteiger partial charge in [-0.1, -0.05) is 59.6 Å². The van der Waals surface area contributed by atoms with Gasteiger partial charge in [-0.3, -0.25) is 0 Å². The Labute approximate surface area is 180 Å². The fraction of sp³-hybridized carbons (Fsp3) is 0.0455. The highest BCUT2D eigenvalue weighted by atomic mass is 79.9. The molecule has 6 heteroatoms. The number of nitriles is 1. The van der Waals surface area contributed by atoms with E-state index in [0.717, 1.165) is 5.56 Å². The van der Waals surface area contributed by atoms with Gasteiger partial charge in [-0.25, -0.2) is 4.39 Å². The molecule has 140 valence electrons.